The van der Waals surface area contributed by atoms with Gasteiger partial charge in [0.15, 0.2) is 0 Å². The van der Waals surface area contributed by atoms with E-state index in [1.165, 1.54) is 32.1 Å². The van der Waals surface area contributed by atoms with Crippen molar-refractivity contribution < 1.29 is 4.79 Å². The van der Waals surface area contributed by atoms with Crippen LogP contribution in [0.3, 0.4) is 0 Å². The molecule has 1 aromatic carbocycles. The second kappa shape index (κ2) is 7.46. The minimum Gasteiger partial charge on any atom is -0.397 e. The topological polar surface area (TPSA) is 58.4 Å². The minimum absolute atomic E-state index is 0.0407. The number of piperidine rings is 1. The Balaban J connectivity index is 1.97. The average molecular weight is 289 g/mol. The maximum atomic E-state index is 12.3. The number of nitrogens with zero attached hydrogens (tertiary/aromatic N) is 1. The van der Waals surface area contributed by atoms with E-state index in [0.29, 0.717) is 18.3 Å². The molecule has 116 valence electrons. The summed E-state index contributed by atoms with van der Waals surface area (Å²) >= 11 is 0. The number of aryl methyl sites for hydroxylation is 1. The average Bonchev–Trinajstić information content (AvgIpc) is 2.45. The molecule has 21 heavy (non-hydrogen) atoms. The van der Waals surface area contributed by atoms with Crippen LogP contribution in [0, 0.1) is 6.92 Å². The molecule has 1 saturated heterocycles. The molecule has 1 aromatic rings. The summed E-state index contributed by atoms with van der Waals surface area (Å²) < 4.78 is 0. The largest absolute Gasteiger partial charge is 0.397 e. The Morgan fingerprint density at radius 1 is 1.43 bits per heavy atom. The van der Waals surface area contributed by atoms with Crippen molar-refractivity contribution in [2.75, 3.05) is 24.1 Å². The first-order valence-corrected chi connectivity index (χ1v) is 8.00. The molecule has 4 heteroatoms. The molecule has 1 fully saturated rings. The molecule has 0 aliphatic carbocycles. The van der Waals surface area contributed by atoms with E-state index in [1.54, 1.807) is 0 Å². The summed E-state index contributed by atoms with van der Waals surface area (Å²) in [7, 11) is 0. The summed E-state index contributed by atoms with van der Waals surface area (Å²) in [5, 5.41) is 2.98. The van der Waals surface area contributed by atoms with Crippen LogP contribution in [0.15, 0.2) is 18.2 Å². The van der Waals surface area contributed by atoms with E-state index in [0.717, 1.165) is 17.8 Å². The molecule has 1 amide bonds. The number of nitrogen functional groups attached to an aromatic ring is 1. The highest BCUT2D eigenvalue weighted by Crippen LogP contribution is 2.24. The fourth-order valence-corrected chi connectivity index (χ4v) is 3.15. The molecule has 3 N–H and O–H groups in total. The van der Waals surface area contributed by atoms with E-state index < -0.39 is 0 Å². The number of nitrogens with one attached hydrogen (secondary N) is 1. The van der Waals surface area contributed by atoms with Gasteiger partial charge < -0.3 is 11.1 Å². The molecule has 4 nitrogen and oxygen atoms in total. The van der Waals surface area contributed by atoms with E-state index in [-0.39, 0.29) is 5.91 Å². The van der Waals surface area contributed by atoms with Crippen LogP contribution in [0.25, 0.3) is 0 Å². The summed E-state index contributed by atoms with van der Waals surface area (Å²) in [5.74, 6) is 0.0407. The maximum Gasteiger partial charge on any atom is 0.238 e. The van der Waals surface area contributed by atoms with Gasteiger partial charge in [0, 0.05) is 6.04 Å². The van der Waals surface area contributed by atoms with Crippen molar-refractivity contribution in [2.24, 2.45) is 0 Å². The monoisotopic (exact) mass is 289 g/mol. The smallest absolute Gasteiger partial charge is 0.238 e. The molecule has 1 atom stereocenters. The molecule has 0 aromatic heterocycles. The van der Waals surface area contributed by atoms with Crippen LogP contribution < -0.4 is 11.1 Å². The van der Waals surface area contributed by atoms with Gasteiger partial charge in [-0.2, -0.15) is 0 Å². The van der Waals surface area contributed by atoms with Gasteiger partial charge in [-0.15, -0.1) is 0 Å². The molecule has 1 aliphatic heterocycles. The van der Waals surface area contributed by atoms with Gasteiger partial charge in [0.05, 0.1) is 17.9 Å². The third kappa shape index (κ3) is 4.21. The number of anilines is 2. The fraction of sp³-hybridized carbons (Fsp3) is 0.588. The van der Waals surface area contributed by atoms with E-state index in [9.17, 15) is 4.79 Å². The Kier molecular flexibility index (Phi) is 5.62. The normalized spacial score (nSPS) is 19.4. The number of benzene rings is 1. The number of rotatable bonds is 5. The number of hydrogen-bond donors (Lipinski definition) is 2. The summed E-state index contributed by atoms with van der Waals surface area (Å²) in [6.07, 6.45) is 6.05. The number of hydrogen-bond acceptors (Lipinski definition) is 3. The number of carbonyl (C=O) groups is 1. The molecule has 2 rings (SSSR count). The first-order valence-electron chi connectivity index (χ1n) is 8.00. The van der Waals surface area contributed by atoms with Gasteiger partial charge in [-0.25, -0.2) is 0 Å². The van der Waals surface area contributed by atoms with Gasteiger partial charge in [0.25, 0.3) is 0 Å². The SMILES string of the molecule is CCCC1CCCCN1CC(=O)Nc1c(C)cccc1N. The first-order chi connectivity index (χ1) is 10.1. The lowest BCUT2D eigenvalue weighted by molar-refractivity contribution is -0.118. The Bertz CT molecular complexity index is 465. The maximum absolute atomic E-state index is 12.3. The summed E-state index contributed by atoms with van der Waals surface area (Å²) in [4.78, 5) is 14.7. The highest BCUT2D eigenvalue weighted by molar-refractivity contribution is 5.96. The van der Waals surface area contributed by atoms with Gasteiger partial charge in [-0.3, -0.25) is 9.69 Å². The number of carbonyl (C=O) groups excluding carboxylic acids is 1. The lowest BCUT2D eigenvalue weighted by Gasteiger charge is -2.35. The number of amides is 1. The van der Waals surface area contributed by atoms with Crippen LogP contribution in [-0.2, 0) is 4.79 Å². The number of nitrogens with two attached hydrogens (primary N) is 1. The highest BCUT2D eigenvalue weighted by Gasteiger charge is 2.23. The minimum atomic E-state index is 0.0407. The molecule has 0 bridgehead atoms. The van der Waals surface area contributed by atoms with Crippen LogP contribution in [-0.4, -0.2) is 29.9 Å². The van der Waals surface area contributed by atoms with E-state index in [2.05, 4.69) is 17.1 Å². The molecule has 1 aliphatic rings. The Labute approximate surface area is 127 Å². The van der Waals surface area contributed by atoms with Crippen LogP contribution in [0.5, 0.6) is 0 Å². The summed E-state index contributed by atoms with van der Waals surface area (Å²) in [6.45, 7) is 5.67. The lowest BCUT2D eigenvalue weighted by Crippen LogP contribution is -2.43. The van der Waals surface area contributed by atoms with Crippen molar-refractivity contribution >= 4 is 17.3 Å². The molecular formula is C17H27N3O. The zero-order chi connectivity index (χ0) is 15.2. The van der Waals surface area contributed by atoms with E-state index >= 15 is 0 Å². The Hall–Kier alpha value is -1.55. The van der Waals surface area contributed by atoms with Crippen molar-refractivity contribution in [2.45, 2.75) is 52.0 Å². The standard InChI is InChI=1S/C17H27N3O/c1-3-7-14-9-4-5-11-20(14)12-16(21)19-17-13(2)8-6-10-15(17)18/h6,8,10,14H,3-5,7,9,11-12,18H2,1-2H3,(H,19,21). The van der Waals surface area contributed by atoms with Crippen LogP contribution in [0.2, 0.25) is 0 Å². The van der Waals surface area contributed by atoms with Crippen molar-refractivity contribution in [3.63, 3.8) is 0 Å². The fourth-order valence-electron chi connectivity index (χ4n) is 3.15. The van der Waals surface area contributed by atoms with E-state index in [4.69, 9.17) is 5.73 Å². The molecule has 1 heterocycles. The van der Waals surface area contributed by atoms with Crippen molar-refractivity contribution in [3.8, 4) is 0 Å². The van der Waals surface area contributed by atoms with Gasteiger partial charge >= 0.3 is 0 Å². The zero-order valence-corrected chi connectivity index (χ0v) is 13.2. The predicted molar refractivity (Wildman–Crippen MR) is 88.3 cm³/mol. The van der Waals surface area contributed by atoms with Crippen LogP contribution in [0.1, 0.15) is 44.6 Å². The van der Waals surface area contributed by atoms with Crippen LogP contribution >= 0.6 is 0 Å². The molecule has 1 unspecified atom stereocenters. The first kappa shape index (κ1) is 15.8. The zero-order valence-electron chi connectivity index (χ0n) is 13.2. The second-order valence-electron chi connectivity index (χ2n) is 6.00. The van der Waals surface area contributed by atoms with Crippen molar-refractivity contribution in [3.05, 3.63) is 23.8 Å². The predicted octanol–water partition coefficient (Wildman–Crippen LogP) is 3.17. The number of para-hydroxylation sites is 1. The summed E-state index contributed by atoms with van der Waals surface area (Å²) in [6, 6.07) is 6.25. The van der Waals surface area contributed by atoms with Gasteiger partial charge in [-0.05, 0) is 44.4 Å². The van der Waals surface area contributed by atoms with Gasteiger partial charge in [0.1, 0.15) is 0 Å². The molecule has 0 spiro atoms. The quantitative estimate of drug-likeness (QED) is 0.819. The Morgan fingerprint density at radius 2 is 2.24 bits per heavy atom. The highest BCUT2D eigenvalue weighted by atomic mass is 16.2. The second-order valence-corrected chi connectivity index (χ2v) is 6.00. The van der Waals surface area contributed by atoms with E-state index in [1.807, 2.05) is 25.1 Å². The number of likely N-dealkylation sites (tertiary alicyclic amines) is 1. The lowest BCUT2D eigenvalue weighted by atomic mass is 9.98. The Morgan fingerprint density at radius 3 is 2.95 bits per heavy atom. The third-order valence-electron chi connectivity index (χ3n) is 4.29. The van der Waals surface area contributed by atoms with Crippen molar-refractivity contribution in [1.82, 2.24) is 4.90 Å². The van der Waals surface area contributed by atoms with Crippen LogP contribution in [0.4, 0.5) is 11.4 Å². The third-order valence-corrected chi connectivity index (χ3v) is 4.29. The molecule has 0 saturated carbocycles. The van der Waals surface area contributed by atoms with Gasteiger partial charge in [-0.1, -0.05) is 31.9 Å². The molecule has 0 radical (unpaired) electrons. The van der Waals surface area contributed by atoms with Crippen molar-refractivity contribution in [1.29, 1.82) is 0 Å². The molecular weight excluding hydrogens is 262 g/mol. The summed E-state index contributed by atoms with van der Waals surface area (Å²) in [5.41, 5.74) is 8.34. The van der Waals surface area contributed by atoms with Gasteiger partial charge in [0.2, 0.25) is 5.91 Å².